The molecule has 1 N–H and O–H groups in total. The molecular weight excluding hydrogens is 332 g/mol. The minimum absolute atomic E-state index is 0.0530. The van der Waals surface area contributed by atoms with Gasteiger partial charge in [-0.25, -0.2) is 9.67 Å². The molecule has 138 valence electrons. The van der Waals surface area contributed by atoms with Gasteiger partial charge in [-0.2, -0.15) is 5.10 Å². The van der Waals surface area contributed by atoms with Crippen molar-refractivity contribution in [2.75, 3.05) is 13.7 Å². The second-order valence-corrected chi connectivity index (χ2v) is 7.20. The number of likely N-dealkylation sites (tertiary alicyclic amines) is 1. The summed E-state index contributed by atoms with van der Waals surface area (Å²) in [5, 5.41) is 14.5. The first-order valence-corrected chi connectivity index (χ1v) is 9.06. The van der Waals surface area contributed by atoms with Crippen molar-refractivity contribution < 1.29 is 14.6 Å². The SMILES string of the molecule is CO[C@@]12CC[C@@H](O)C[C@@H]1N(C(=O)c1cnn(-c3ccccn3)c1C)CC2. The number of hydrogen-bond donors (Lipinski definition) is 1. The van der Waals surface area contributed by atoms with Gasteiger partial charge in [0, 0.05) is 19.9 Å². The number of fused-ring (bicyclic) bond motifs is 1. The van der Waals surface area contributed by atoms with Crippen LogP contribution in [0.25, 0.3) is 5.82 Å². The number of carbonyl (C=O) groups is 1. The number of methoxy groups -OCH3 is 1. The highest BCUT2D eigenvalue weighted by atomic mass is 16.5. The van der Waals surface area contributed by atoms with Crippen LogP contribution in [0.1, 0.15) is 41.7 Å². The first-order chi connectivity index (χ1) is 12.6. The molecule has 0 unspecified atom stereocenters. The highest BCUT2D eigenvalue weighted by molar-refractivity contribution is 5.95. The van der Waals surface area contributed by atoms with Crippen LogP contribution in [0.3, 0.4) is 0 Å². The number of amides is 1. The summed E-state index contributed by atoms with van der Waals surface area (Å²) in [5.74, 6) is 0.632. The predicted molar refractivity (Wildman–Crippen MR) is 95.1 cm³/mol. The lowest BCUT2D eigenvalue weighted by Gasteiger charge is -2.42. The van der Waals surface area contributed by atoms with Crippen LogP contribution in [-0.2, 0) is 4.74 Å². The summed E-state index contributed by atoms with van der Waals surface area (Å²) in [6, 6.07) is 5.50. The molecule has 2 fully saturated rings. The summed E-state index contributed by atoms with van der Waals surface area (Å²) in [5.41, 5.74) is 1.00. The Morgan fingerprint density at radius 1 is 1.38 bits per heavy atom. The van der Waals surface area contributed by atoms with Gasteiger partial charge in [-0.1, -0.05) is 6.07 Å². The Morgan fingerprint density at radius 3 is 2.96 bits per heavy atom. The van der Waals surface area contributed by atoms with Crippen molar-refractivity contribution in [2.24, 2.45) is 0 Å². The average molecular weight is 356 g/mol. The molecule has 2 aromatic rings. The molecule has 1 saturated carbocycles. The van der Waals surface area contributed by atoms with Crippen molar-refractivity contribution in [3.8, 4) is 5.82 Å². The molecule has 0 spiro atoms. The average Bonchev–Trinajstić information content (AvgIpc) is 3.23. The quantitative estimate of drug-likeness (QED) is 0.906. The third-order valence-corrected chi connectivity index (χ3v) is 5.93. The molecule has 26 heavy (non-hydrogen) atoms. The summed E-state index contributed by atoms with van der Waals surface area (Å²) in [6.07, 6.45) is 5.81. The van der Waals surface area contributed by atoms with Crippen LogP contribution in [-0.4, -0.2) is 62.1 Å². The normalized spacial score (nSPS) is 28.2. The molecule has 2 aromatic heterocycles. The van der Waals surface area contributed by atoms with Crippen molar-refractivity contribution in [2.45, 2.75) is 50.4 Å². The van der Waals surface area contributed by atoms with Gasteiger partial charge in [0.15, 0.2) is 5.82 Å². The third-order valence-electron chi connectivity index (χ3n) is 5.93. The molecule has 7 heteroatoms. The molecule has 2 aliphatic rings. The topological polar surface area (TPSA) is 80.5 Å². The molecule has 1 aliphatic carbocycles. The van der Waals surface area contributed by atoms with E-state index in [0.717, 1.165) is 25.0 Å². The van der Waals surface area contributed by atoms with E-state index < -0.39 is 0 Å². The second kappa shape index (κ2) is 6.48. The van der Waals surface area contributed by atoms with Gasteiger partial charge in [-0.15, -0.1) is 0 Å². The van der Waals surface area contributed by atoms with E-state index in [1.165, 1.54) is 0 Å². The van der Waals surface area contributed by atoms with E-state index in [4.69, 9.17) is 4.74 Å². The zero-order chi connectivity index (χ0) is 18.3. The summed E-state index contributed by atoms with van der Waals surface area (Å²) in [6.45, 7) is 2.52. The van der Waals surface area contributed by atoms with Crippen LogP contribution in [0.5, 0.6) is 0 Å². The maximum absolute atomic E-state index is 13.2. The van der Waals surface area contributed by atoms with Gasteiger partial charge in [0.1, 0.15) is 0 Å². The van der Waals surface area contributed by atoms with Gasteiger partial charge >= 0.3 is 0 Å². The number of nitrogens with zero attached hydrogens (tertiary/aromatic N) is 4. The van der Waals surface area contributed by atoms with Gasteiger partial charge in [0.25, 0.3) is 5.91 Å². The summed E-state index contributed by atoms with van der Waals surface area (Å²) in [7, 11) is 1.71. The first-order valence-electron chi connectivity index (χ1n) is 9.06. The van der Waals surface area contributed by atoms with Crippen LogP contribution in [0.2, 0.25) is 0 Å². The number of pyridine rings is 1. The Bertz CT molecular complexity index is 806. The zero-order valence-corrected chi connectivity index (χ0v) is 15.1. The Labute approximate surface area is 152 Å². The van der Waals surface area contributed by atoms with Gasteiger partial charge in [-0.3, -0.25) is 4.79 Å². The molecule has 1 aliphatic heterocycles. The van der Waals surface area contributed by atoms with E-state index in [1.807, 2.05) is 30.0 Å². The highest BCUT2D eigenvalue weighted by Gasteiger charge is 2.52. The van der Waals surface area contributed by atoms with Gasteiger partial charge < -0.3 is 14.7 Å². The largest absolute Gasteiger partial charge is 0.393 e. The van der Waals surface area contributed by atoms with E-state index in [2.05, 4.69) is 10.1 Å². The lowest BCUT2D eigenvalue weighted by Crippen LogP contribution is -2.52. The number of ether oxygens (including phenoxy) is 1. The maximum Gasteiger partial charge on any atom is 0.257 e. The van der Waals surface area contributed by atoms with Crippen molar-refractivity contribution in [1.29, 1.82) is 0 Å². The standard InChI is InChI=1S/C19H24N4O3/c1-13-15(12-21-23(13)17-5-3-4-9-20-17)18(25)22-10-8-19(26-2)7-6-14(24)11-16(19)22/h3-5,9,12,14,16,24H,6-8,10-11H2,1-2H3/t14-,16+,19-/m1/s1. The molecule has 0 radical (unpaired) electrons. The highest BCUT2D eigenvalue weighted by Crippen LogP contribution is 2.43. The summed E-state index contributed by atoms with van der Waals surface area (Å²) >= 11 is 0. The second-order valence-electron chi connectivity index (χ2n) is 7.20. The molecule has 1 saturated heterocycles. The summed E-state index contributed by atoms with van der Waals surface area (Å²) < 4.78 is 7.52. The minimum Gasteiger partial charge on any atom is -0.393 e. The molecule has 7 nitrogen and oxygen atoms in total. The fraction of sp³-hybridized carbons (Fsp3) is 0.526. The molecule has 0 aromatic carbocycles. The van der Waals surface area contributed by atoms with Crippen LogP contribution in [0, 0.1) is 6.92 Å². The van der Waals surface area contributed by atoms with Crippen LogP contribution >= 0.6 is 0 Å². The minimum atomic E-state index is -0.381. The van der Waals surface area contributed by atoms with Crippen LogP contribution in [0.15, 0.2) is 30.6 Å². The number of carbonyl (C=O) groups excluding carboxylic acids is 1. The Hall–Kier alpha value is -2.25. The van der Waals surface area contributed by atoms with Crippen LogP contribution in [0.4, 0.5) is 0 Å². The molecule has 3 atom stereocenters. The number of aliphatic hydroxyl groups excluding tert-OH is 1. The smallest absolute Gasteiger partial charge is 0.257 e. The fourth-order valence-electron chi connectivity index (χ4n) is 4.40. The molecule has 3 heterocycles. The van der Waals surface area contributed by atoms with E-state index in [-0.39, 0.29) is 23.7 Å². The van der Waals surface area contributed by atoms with Crippen LogP contribution < -0.4 is 0 Å². The van der Waals surface area contributed by atoms with Gasteiger partial charge in [0.05, 0.1) is 35.2 Å². The van der Waals surface area contributed by atoms with E-state index in [1.54, 1.807) is 24.2 Å². The zero-order valence-electron chi connectivity index (χ0n) is 15.1. The number of hydrogen-bond acceptors (Lipinski definition) is 5. The number of aromatic nitrogens is 3. The Morgan fingerprint density at radius 2 is 2.23 bits per heavy atom. The lowest BCUT2D eigenvalue weighted by molar-refractivity contribution is -0.0824. The van der Waals surface area contributed by atoms with Crippen molar-refractivity contribution in [1.82, 2.24) is 19.7 Å². The molecule has 0 bridgehead atoms. The monoisotopic (exact) mass is 356 g/mol. The first kappa shape index (κ1) is 17.2. The number of aliphatic hydroxyl groups is 1. The molecular formula is C19H24N4O3. The summed E-state index contributed by atoms with van der Waals surface area (Å²) in [4.78, 5) is 19.4. The Balaban J connectivity index is 1.63. The van der Waals surface area contributed by atoms with Crippen molar-refractivity contribution >= 4 is 5.91 Å². The molecule has 1 amide bonds. The number of rotatable bonds is 3. The van der Waals surface area contributed by atoms with E-state index >= 15 is 0 Å². The molecule has 4 rings (SSSR count). The third kappa shape index (κ3) is 2.62. The predicted octanol–water partition coefficient (Wildman–Crippen LogP) is 1.72. The van der Waals surface area contributed by atoms with Crippen molar-refractivity contribution in [3.63, 3.8) is 0 Å². The Kier molecular flexibility index (Phi) is 4.28. The van der Waals surface area contributed by atoms with Gasteiger partial charge in [-0.05, 0) is 44.7 Å². The van der Waals surface area contributed by atoms with E-state index in [9.17, 15) is 9.90 Å². The maximum atomic E-state index is 13.2. The van der Waals surface area contributed by atoms with Gasteiger partial charge in [0.2, 0.25) is 0 Å². The van der Waals surface area contributed by atoms with E-state index in [0.29, 0.717) is 24.3 Å². The fourth-order valence-corrected chi connectivity index (χ4v) is 4.40. The van der Waals surface area contributed by atoms with Crippen molar-refractivity contribution in [3.05, 3.63) is 41.9 Å². The lowest BCUT2D eigenvalue weighted by atomic mass is 9.79.